The Morgan fingerprint density at radius 2 is 1.94 bits per heavy atom. The van der Waals surface area contributed by atoms with Crippen LogP contribution >= 0.6 is 0 Å². The first kappa shape index (κ1) is 23.6. The van der Waals surface area contributed by atoms with Gasteiger partial charge in [-0.25, -0.2) is 13.4 Å². The molecule has 2 heterocycles. The van der Waals surface area contributed by atoms with Gasteiger partial charge in [0, 0.05) is 46.6 Å². The van der Waals surface area contributed by atoms with Gasteiger partial charge in [-0.15, -0.1) is 0 Å². The van der Waals surface area contributed by atoms with Gasteiger partial charge < -0.3 is 19.4 Å². The van der Waals surface area contributed by atoms with Crippen molar-refractivity contribution in [2.24, 2.45) is 7.05 Å². The molecular weight excluding hydrogens is 420 g/mol. The maximum absolute atomic E-state index is 12.9. The molecule has 172 valence electrons. The van der Waals surface area contributed by atoms with Crippen LogP contribution in [0.3, 0.4) is 0 Å². The van der Waals surface area contributed by atoms with Gasteiger partial charge in [0.2, 0.25) is 15.9 Å². The molecule has 0 radical (unpaired) electrons. The summed E-state index contributed by atoms with van der Waals surface area (Å²) in [6, 6.07) is 5.08. The molecule has 0 atom stereocenters. The van der Waals surface area contributed by atoms with Gasteiger partial charge in [-0.05, 0) is 31.0 Å². The van der Waals surface area contributed by atoms with Crippen LogP contribution in [0, 0.1) is 0 Å². The van der Waals surface area contributed by atoms with E-state index in [0.29, 0.717) is 57.8 Å². The summed E-state index contributed by atoms with van der Waals surface area (Å²) in [6.07, 6.45) is 3.64. The summed E-state index contributed by atoms with van der Waals surface area (Å²) < 4.78 is 39.6. The Hall–Kier alpha value is -2.01. The first-order valence-corrected chi connectivity index (χ1v) is 12.2. The number of aromatic nitrogens is 2. The van der Waals surface area contributed by atoms with Gasteiger partial charge in [-0.1, -0.05) is 6.42 Å². The van der Waals surface area contributed by atoms with Gasteiger partial charge in [0.05, 0.1) is 35.7 Å². The van der Waals surface area contributed by atoms with Crippen LogP contribution in [0.15, 0.2) is 23.1 Å². The van der Waals surface area contributed by atoms with E-state index in [1.165, 1.54) is 0 Å². The highest BCUT2D eigenvalue weighted by atomic mass is 32.2. The fourth-order valence-electron chi connectivity index (χ4n) is 3.69. The molecule has 0 spiro atoms. The van der Waals surface area contributed by atoms with Crippen LogP contribution in [0.4, 0.5) is 0 Å². The molecule has 0 bridgehead atoms. The van der Waals surface area contributed by atoms with Crippen molar-refractivity contribution in [1.29, 1.82) is 0 Å². The topological polar surface area (TPSA) is 103 Å². The zero-order valence-corrected chi connectivity index (χ0v) is 19.1. The summed E-state index contributed by atoms with van der Waals surface area (Å²) in [4.78, 5) is 16.9. The number of piperidine rings is 1. The standard InChI is InChI=1S/C21H32N4O5S/c1-24-19-7-6-17(31(27,28)25-11-4-3-5-12-25)16-18(19)23-20(24)8-9-21(26)22-10-13-30-15-14-29-2/h6-7,16H,3-5,8-15H2,1-2H3,(H,22,26). The molecule has 1 amide bonds. The number of carbonyl (C=O) groups is 1. The minimum Gasteiger partial charge on any atom is -0.382 e. The number of amides is 1. The minimum atomic E-state index is -3.50. The molecule has 0 unspecified atom stereocenters. The molecular formula is C21H32N4O5S. The highest BCUT2D eigenvalue weighted by Crippen LogP contribution is 2.24. The Morgan fingerprint density at radius 1 is 1.16 bits per heavy atom. The number of sulfonamides is 1. The SMILES string of the molecule is COCCOCCNC(=O)CCc1nc2cc(S(=O)(=O)N3CCCCC3)ccc2n1C. The summed E-state index contributed by atoms with van der Waals surface area (Å²) in [5, 5.41) is 2.82. The second-order valence-corrected chi connectivity index (χ2v) is 9.60. The van der Waals surface area contributed by atoms with Crippen LogP contribution in [0.1, 0.15) is 31.5 Å². The molecule has 0 saturated carbocycles. The molecule has 1 N–H and O–H groups in total. The van der Waals surface area contributed by atoms with Crippen molar-refractivity contribution < 1.29 is 22.7 Å². The number of imidazole rings is 1. The number of rotatable bonds is 11. The average Bonchev–Trinajstić information content (AvgIpc) is 3.10. The van der Waals surface area contributed by atoms with Gasteiger partial charge in [-0.3, -0.25) is 4.79 Å². The lowest BCUT2D eigenvalue weighted by atomic mass is 10.2. The summed E-state index contributed by atoms with van der Waals surface area (Å²) in [5.74, 6) is 0.671. The van der Waals surface area contributed by atoms with Crippen LogP contribution in [0.5, 0.6) is 0 Å². The molecule has 3 rings (SSSR count). The van der Waals surface area contributed by atoms with Gasteiger partial charge in [0.15, 0.2) is 0 Å². The smallest absolute Gasteiger partial charge is 0.243 e. The average molecular weight is 453 g/mol. The summed E-state index contributed by atoms with van der Waals surface area (Å²) in [5.41, 5.74) is 1.47. The van der Waals surface area contributed by atoms with E-state index in [0.717, 1.165) is 30.6 Å². The van der Waals surface area contributed by atoms with Crippen molar-refractivity contribution in [3.63, 3.8) is 0 Å². The first-order chi connectivity index (χ1) is 14.9. The second-order valence-electron chi connectivity index (χ2n) is 7.66. The van der Waals surface area contributed by atoms with Crippen LogP contribution in [0.2, 0.25) is 0 Å². The fraction of sp³-hybridized carbons (Fsp3) is 0.619. The molecule has 0 aliphatic carbocycles. The second kappa shape index (κ2) is 11.0. The van der Waals surface area contributed by atoms with E-state index in [1.54, 1.807) is 29.6 Å². The molecule has 1 aromatic heterocycles. The van der Waals surface area contributed by atoms with Crippen molar-refractivity contribution >= 4 is 27.0 Å². The van der Waals surface area contributed by atoms with Crippen molar-refractivity contribution in [1.82, 2.24) is 19.2 Å². The maximum Gasteiger partial charge on any atom is 0.243 e. The number of carbonyl (C=O) groups excluding carboxylic acids is 1. The Labute approximate surface area is 183 Å². The largest absolute Gasteiger partial charge is 0.382 e. The van der Waals surface area contributed by atoms with Crippen molar-refractivity contribution in [2.75, 3.05) is 46.6 Å². The molecule has 1 fully saturated rings. The van der Waals surface area contributed by atoms with Gasteiger partial charge in [0.25, 0.3) is 0 Å². The van der Waals surface area contributed by atoms with E-state index in [-0.39, 0.29) is 10.8 Å². The number of methoxy groups -OCH3 is 1. The van der Waals surface area contributed by atoms with Gasteiger partial charge in [0.1, 0.15) is 5.82 Å². The molecule has 10 heteroatoms. The third-order valence-corrected chi connectivity index (χ3v) is 7.37. The number of nitrogens with one attached hydrogen (secondary N) is 1. The lowest BCUT2D eigenvalue weighted by Gasteiger charge is -2.25. The maximum atomic E-state index is 12.9. The first-order valence-electron chi connectivity index (χ1n) is 10.7. The van der Waals surface area contributed by atoms with E-state index in [1.807, 2.05) is 11.6 Å². The van der Waals surface area contributed by atoms with E-state index < -0.39 is 10.0 Å². The number of benzene rings is 1. The normalized spacial score (nSPS) is 15.4. The number of fused-ring (bicyclic) bond motifs is 1. The highest BCUT2D eigenvalue weighted by Gasteiger charge is 2.26. The van der Waals surface area contributed by atoms with E-state index in [9.17, 15) is 13.2 Å². The third-order valence-electron chi connectivity index (χ3n) is 5.47. The minimum absolute atomic E-state index is 0.0734. The van der Waals surface area contributed by atoms with Crippen molar-refractivity contribution in [2.45, 2.75) is 37.0 Å². The summed E-state index contributed by atoms with van der Waals surface area (Å²) >= 11 is 0. The quantitative estimate of drug-likeness (QED) is 0.518. The van der Waals surface area contributed by atoms with Crippen LogP contribution in [-0.2, 0) is 37.8 Å². The highest BCUT2D eigenvalue weighted by molar-refractivity contribution is 7.89. The van der Waals surface area contributed by atoms with Crippen molar-refractivity contribution in [3.8, 4) is 0 Å². The van der Waals surface area contributed by atoms with Crippen LogP contribution < -0.4 is 5.32 Å². The molecule has 1 aromatic carbocycles. The van der Waals surface area contributed by atoms with E-state index in [2.05, 4.69) is 10.3 Å². The molecule has 1 aliphatic heterocycles. The van der Waals surface area contributed by atoms with Crippen LogP contribution in [-0.4, -0.2) is 74.7 Å². The lowest BCUT2D eigenvalue weighted by Crippen LogP contribution is -2.35. The zero-order valence-electron chi connectivity index (χ0n) is 18.3. The predicted octanol–water partition coefficient (Wildman–Crippen LogP) is 1.46. The van der Waals surface area contributed by atoms with Gasteiger partial charge in [-0.2, -0.15) is 4.31 Å². The number of hydrogen-bond acceptors (Lipinski definition) is 6. The Kier molecular flexibility index (Phi) is 8.42. The van der Waals surface area contributed by atoms with Crippen molar-refractivity contribution in [3.05, 3.63) is 24.0 Å². The lowest BCUT2D eigenvalue weighted by molar-refractivity contribution is -0.121. The van der Waals surface area contributed by atoms with E-state index in [4.69, 9.17) is 9.47 Å². The third kappa shape index (κ3) is 6.03. The molecule has 31 heavy (non-hydrogen) atoms. The zero-order chi connectivity index (χ0) is 22.3. The molecule has 9 nitrogen and oxygen atoms in total. The number of aryl methyl sites for hydroxylation is 2. The van der Waals surface area contributed by atoms with Gasteiger partial charge >= 0.3 is 0 Å². The number of ether oxygens (including phenoxy) is 2. The molecule has 1 aliphatic rings. The number of nitrogens with zero attached hydrogens (tertiary/aromatic N) is 3. The summed E-state index contributed by atoms with van der Waals surface area (Å²) in [6.45, 7) is 3.06. The molecule has 2 aromatic rings. The molecule has 1 saturated heterocycles. The Morgan fingerprint density at radius 3 is 2.68 bits per heavy atom. The Balaban J connectivity index is 1.60. The van der Waals surface area contributed by atoms with Crippen LogP contribution in [0.25, 0.3) is 11.0 Å². The van der Waals surface area contributed by atoms with E-state index >= 15 is 0 Å². The Bertz CT molecular complexity index is 983. The monoisotopic (exact) mass is 452 g/mol. The predicted molar refractivity (Wildman–Crippen MR) is 117 cm³/mol. The fourth-order valence-corrected chi connectivity index (χ4v) is 5.23. The summed E-state index contributed by atoms with van der Waals surface area (Å²) in [7, 11) is -0.00971. The number of hydrogen-bond donors (Lipinski definition) is 1.